The first-order valence-electron chi connectivity index (χ1n) is 8.60. The Morgan fingerprint density at radius 3 is 2.31 bits per heavy atom. The Kier molecular flexibility index (Phi) is 7.87. The number of hydrogen-bond acceptors (Lipinski definition) is 4. The number of carbonyl (C=O) groups is 1. The molecular weight excluding hydrogens is 420 g/mol. The molecule has 3 aromatic carbocycles. The number of aromatic hydroxyl groups is 1. The Bertz CT molecular complexity index is 1020. The van der Waals surface area contributed by atoms with Gasteiger partial charge in [-0.1, -0.05) is 55.8 Å². The fourth-order valence-corrected chi connectivity index (χ4v) is 3.40. The molecule has 0 bridgehead atoms. The van der Waals surface area contributed by atoms with Crippen molar-refractivity contribution in [3.8, 4) is 16.9 Å². The van der Waals surface area contributed by atoms with Crippen LogP contribution in [0.15, 0.2) is 59.5 Å². The highest BCUT2D eigenvalue weighted by Crippen LogP contribution is 2.37. The standard InChI is InChI=1S/C19H12ClF2NO3S.C2H6/c20-13-6-11(19(25)26)7-17(18(13)24)27-23-16-8-12(14(21)9-15(16)22)10-4-2-1-3-5-10;1-2/h1-9,23-24H,(H,25,26);1-2H3. The summed E-state index contributed by atoms with van der Waals surface area (Å²) in [5, 5.41) is 18.9. The molecule has 0 aliphatic carbocycles. The Balaban J connectivity index is 0.00000145. The number of aromatic carboxylic acids is 1. The van der Waals surface area contributed by atoms with Gasteiger partial charge < -0.3 is 14.9 Å². The van der Waals surface area contributed by atoms with E-state index < -0.39 is 17.6 Å². The lowest BCUT2D eigenvalue weighted by atomic mass is 10.0. The summed E-state index contributed by atoms with van der Waals surface area (Å²) in [6, 6.07) is 13.0. The first kappa shape index (κ1) is 22.5. The fraction of sp³-hybridized carbons (Fsp3) is 0.0952. The number of carboxylic acid groups (broad SMARTS) is 1. The van der Waals surface area contributed by atoms with Crippen LogP contribution in [0, 0.1) is 11.6 Å². The van der Waals surface area contributed by atoms with Crippen LogP contribution in [0.1, 0.15) is 24.2 Å². The van der Waals surface area contributed by atoms with Gasteiger partial charge in [-0.25, -0.2) is 13.6 Å². The molecule has 0 heterocycles. The Morgan fingerprint density at radius 1 is 1.03 bits per heavy atom. The van der Waals surface area contributed by atoms with Crippen LogP contribution >= 0.6 is 23.5 Å². The maximum Gasteiger partial charge on any atom is 0.335 e. The van der Waals surface area contributed by atoms with Crippen molar-refractivity contribution in [3.05, 3.63) is 76.8 Å². The minimum atomic E-state index is -1.22. The molecule has 3 rings (SSSR count). The molecule has 0 spiro atoms. The van der Waals surface area contributed by atoms with Gasteiger partial charge in [0.1, 0.15) is 17.4 Å². The maximum absolute atomic E-state index is 14.1. The second-order valence-electron chi connectivity index (χ2n) is 5.49. The number of anilines is 1. The average molecular weight is 438 g/mol. The van der Waals surface area contributed by atoms with E-state index in [0.29, 0.717) is 5.56 Å². The van der Waals surface area contributed by atoms with Crippen molar-refractivity contribution in [3.63, 3.8) is 0 Å². The van der Waals surface area contributed by atoms with Crippen LogP contribution in [-0.2, 0) is 0 Å². The van der Waals surface area contributed by atoms with Gasteiger partial charge in [0.25, 0.3) is 0 Å². The Labute approximate surface area is 176 Å². The molecule has 0 unspecified atom stereocenters. The average Bonchev–Trinajstić information content (AvgIpc) is 2.72. The van der Waals surface area contributed by atoms with Crippen LogP contribution in [0.3, 0.4) is 0 Å². The summed E-state index contributed by atoms with van der Waals surface area (Å²) in [4.78, 5) is 11.2. The lowest BCUT2D eigenvalue weighted by Gasteiger charge is -2.12. The molecule has 0 aliphatic heterocycles. The van der Waals surface area contributed by atoms with Gasteiger partial charge in [-0.2, -0.15) is 0 Å². The Hall–Kier alpha value is -2.77. The molecule has 0 aromatic heterocycles. The number of hydrogen-bond donors (Lipinski definition) is 3. The molecular formula is C21H18ClF2NO3S. The van der Waals surface area contributed by atoms with E-state index in [1.54, 1.807) is 30.3 Å². The summed E-state index contributed by atoms with van der Waals surface area (Å²) in [6.45, 7) is 4.00. The van der Waals surface area contributed by atoms with Gasteiger partial charge in [-0.05, 0) is 35.7 Å². The number of benzene rings is 3. The van der Waals surface area contributed by atoms with Crippen molar-refractivity contribution >= 4 is 35.2 Å². The predicted molar refractivity (Wildman–Crippen MR) is 113 cm³/mol. The van der Waals surface area contributed by atoms with E-state index >= 15 is 0 Å². The summed E-state index contributed by atoms with van der Waals surface area (Å²) < 4.78 is 30.9. The van der Waals surface area contributed by atoms with Gasteiger partial charge in [-0.15, -0.1) is 0 Å². The van der Waals surface area contributed by atoms with Crippen molar-refractivity contribution in [1.29, 1.82) is 0 Å². The van der Waals surface area contributed by atoms with E-state index in [0.717, 1.165) is 24.1 Å². The molecule has 3 N–H and O–H groups in total. The molecule has 0 fully saturated rings. The van der Waals surface area contributed by atoms with Gasteiger partial charge in [0.2, 0.25) is 0 Å². The zero-order valence-electron chi connectivity index (χ0n) is 15.5. The van der Waals surface area contributed by atoms with Crippen molar-refractivity contribution in [2.75, 3.05) is 4.72 Å². The van der Waals surface area contributed by atoms with Crippen molar-refractivity contribution < 1.29 is 23.8 Å². The molecule has 4 nitrogen and oxygen atoms in total. The second kappa shape index (κ2) is 10.1. The minimum absolute atomic E-state index is 0.0310. The third kappa shape index (κ3) is 5.40. The Morgan fingerprint density at radius 2 is 1.69 bits per heavy atom. The molecule has 0 atom stereocenters. The highest BCUT2D eigenvalue weighted by molar-refractivity contribution is 8.00. The monoisotopic (exact) mass is 437 g/mol. The highest BCUT2D eigenvalue weighted by Gasteiger charge is 2.16. The number of nitrogens with one attached hydrogen (secondary N) is 1. The van der Waals surface area contributed by atoms with Crippen LogP contribution in [0.2, 0.25) is 5.02 Å². The lowest BCUT2D eigenvalue weighted by molar-refractivity contribution is 0.0696. The number of phenols is 1. The van der Waals surface area contributed by atoms with Crippen molar-refractivity contribution in [1.82, 2.24) is 0 Å². The largest absolute Gasteiger partial charge is 0.505 e. The van der Waals surface area contributed by atoms with Crippen molar-refractivity contribution in [2.45, 2.75) is 18.7 Å². The first-order chi connectivity index (χ1) is 13.9. The molecule has 152 valence electrons. The highest BCUT2D eigenvalue weighted by atomic mass is 35.5. The first-order valence-corrected chi connectivity index (χ1v) is 9.79. The molecule has 0 saturated carbocycles. The number of rotatable bonds is 5. The zero-order chi connectivity index (χ0) is 21.6. The molecule has 29 heavy (non-hydrogen) atoms. The molecule has 3 aromatic rings. The van der Waals surface area contributed by atoms with E-state index in [9.17, 15) is 18.7 Å². The molecule has 0 radical (unpaired) electrons. The lowest BCUT2D eigenvalue weighted by Crippen LogP contribution is -1.98. The summed E-state index contributed by atoms with van der Waals surface area (Å²) in [6.07, 6.45) is 0. The number of phenolic OH excluding ortho intramolecular Hbond substituents is 1. The van der Waals surface area contributed by atoms with E-state index in [1.165, 1.54) is 12.1 Å². The topological polar surface area (TPSA) is 69.6 Å². The van der Waals surface area contributed by atoms with Crippen LogP contribution < -0.4 is 4.72 Å². The van der Waals surface area contributed by atoms with Gasteiger partial charge in [-0.3, -0.25) is 0 Å². The summed E-state index contributed by atoms with van der Waals surface area (Å²) in [7, 11) is 0. The second-order valence-corrected chi connectivity index (χ2v) is 6.75. The SMILES string of the molecule is CC.O=C(O)c1cc(Cl)c(O)c(SNc2cc(-c3ccccc3)c(F)cc2F)c1. The van der Waals surface area contributed by atoms with Crippen LogP contribution in [-0.4, -0.2) is 16.2 Å². The molecule has 8 heteroatoms. The maximum atomic E-state index is 14.1. The summed E-state index contributed by atoms with van der Waals surface area (Å²) in [5.74, 6) is -3.12. The van der Waals surface area contributed by atoms with Gasteiger partial charge >= 0.3 is 5.97 Å². The molecule has 0 amide bonds. The van der Waals surface area contributed by atoms with Crippen LogP contribution in [0.25, 0.3) is 11.1 Å². The number of carboxylic acids is 1. The zero-order valence-corrected chi connectivity index (χ0v) is 17.1. The minimum Gasteiger partial charge on any atom is -0.505 e. The van der Waals surface area contributed by atoms with Crippen LogP contribution in [0.4, 0.5) is 14.5 Å². The summed E-state index contributed by atoms with van der Waals surface area (Å²) in [5.41, 5.74) is 0.603. The van der Waals surface area contributed by atoms with Gasteiger partial charge in [0.15, 0.2) is 0 Å². The third-order valence-electron chi connectivity index (χ3n) is 3.69. The summed E-state index contributed by atoms with van der Waals surface area (Å²) >= 11 is 6.58. The third-order valence-corrected chi connectivity index (χ3v) is 4.83. The normalized spacial score (nSPS) is 10.1. The van der Waals surface area contributed by atoms with Gasteiger partial charge in [0.05, 0.1) is 21.2 Å². The van der Waals surface area contributed by atoms with Crippen molar-refractivity contribution in [2.24, 2.45) is 0 Å². The molecule has 0 saturated heterocycles. The smallest absolute Gasteiger partial charge is 0.335 e. The van der Waals surface area contributed by atoms with E-state index in [2.05, 4.69) is 4.72 Å². The molecule has 0 aliphatic rings. The van der Waals surface area contributed by atoms with E-state index in [-0.39, 0.29) is 32.5 Å². The van der Waals surface area contributed by atoms with Crippen LogP contribution in [0.5, 0.6) is 5.75 Å². The van der Waals surface area contributed by atoms with Gasteiger partial charge in [0, 0.05) is 11.6 Å². The van der Waals surface area contributed by atoms with E-state index in [4.69, 9.17) is 16.7 Å². The quantitative estimate of drug-likeness (QED) is 0.381. The fourth-order valence-electron chi connectivity index (χ4n) is 2.35. The number of halogens is 3. The van der Waals surface area contributed by atoms with E-state index in [1.807, 2.05) is 13.8 Å². The predicted octanol–water partition coefficient (Wildman–Crippen LogP) is 6.83.